The van der Waals surface area contributed by atoms with Crippen molar-refractivity contribution in [1.82, 2.24) is 5.01 Å². The molecule has 15 heavy (non-hydrogen) atoms. The van der Waals surface area contributed by atoms with Crippen LogP contribution in [0.3, 0.4) is 0 Å². The van der Waals surface area contributed by atoms with Crippen LogP contribution < -0.4 is 16.7 Å². The van der Waals surface area contributed by atoms with Crippen LogP contribution in [0.15, 0.2) is 24.3 Å². The van der Waals surface area contributed by atoms with Gasteiger partial charge in [-0.2, -0.15) is 0 Å². The van der Waals surface area contributed by atoms with Crippen molar-refractivity contribution in [1.29, 1.82) is 0 Å². The fraction of sp³-hybridized carbons (Fsp3) is 0.222. The molecule has 0 bridgehead atoms. The Kier molecular flexibility index (Phi) is 4.07. The molecule has 0 saturated carbocycles. The first-order valence-corrected chi connectivity index (χ1v) is 5.41. The Morgan fingerprint density at radius 3 is 2.53 bits per heavy atom. The minimum Gasteiger partial charge on any atom is -0.264 e. The fourth-order valence-corrected chi connectivity index (χ4v) is 1.61. The number of amides is 2. The number of nitrogens with two attached hydrogens (primary N) is 2. The van der Waals surface area contributed by atoms with E-state index in [9.17, 15) is 4.79 Å². The third-order valence-corrected chi connectivity index (χ3v) is 2.51. The molecular weight excluding hydrogens is 260 g/mol. The van der Waals surface area contributed by atoms with Gasteiger partial charge in [-0.1, -0.05) is 34.1 Å². The van der Waals surface area contributed by atoms with Crippen LogP contribution in [0.5, 0.6) is 0 Å². The molecule has 4 N–H and O–H groups in total. The first kappa shape index (κ1) is 12.0. The summed E-state index contributed by atoms with van der Waals surface area (Å²) in [5, 5.41) is 2.58. The molecule has 0 heterocycles. The third-order valence-electron chi connectivity index (χ3n) is 1.90. The molecule has 0 atom stereocenters. The first-order chi connectivity index (χ1) is 7.07. The topological polar surface area (TPSA) is 75.6 Å². The van der Waals surface area contributed by atoms with E-state index < -0.39 is 6.03 Å². The fourth-order valence-electron chi connectivity index (χ4n) is 1.13. The van der Waals surface area contributed by atoms with E-state index in [4.69, 9.17) is 11.7 Å². The number of alkyl halides is 1. The number of nitrogens with zero attached hydrogens (tertiary/aromatic N) is 2. The van der Waals surface area contributed by atoms with Gasteiger partial charge in [0.05, 0.1) is 5.69 Å². The summed E-state index contributed by atoms with van der Waals surface area (Å²) >= 11 is 3.32. The monoisotopic (exact) mass is 272 g/mol. The molecule has 0 aliphatic heterocycles. The Hall–Kier alpha value is -1.11. The molecule has 82 valence electrons. The number of anilines is 1. The van der Waals surface area contributed by atoms with Gasteiger partial charge in [-0.05, 0) is 11.6 Å². The minimum atomic E-state index is -0.469. The van der Waals surface area contributed by atoms with Gasteiger partial charge in [-0.3, -0.25) is 5.01 Å². The zero-order valence-electron chi connectivity index (χ0n) is 8.35. The molecule has 0 fully saturated rings. The maximum Gasteiger partial charge on any atom is 0.352 e. The van der Waals surface area contributed by atoms with Crippen LogP contribution in [0.25, 0.3) is 0 Å². The molecule has 0 unspecified atom stereocenters. The van der Waals surface area contributed by atoms with Crippen LogP contribution in [0.1, 0.15) is 5.56 Å². The normalized spacial score (nSPS) is 9.87. The second-order valence-corrected chi connectivity index (χ2v) is 3.59. The van der Waals surface area contributed by atoms with Crippen molar-refractivity contribution in [3.63, 3.8) is 0 Å². The second-order valence-electron chi connectivity index (χ2n) is 3.03. The predicted octanol–water partition coefficient (Wildman–Crippen LogP) is 1.19. The van der Waals surface area contributed by atoms with Gasteiger partial charge in [0.2, 0.25) is 0 Å². The summed E-state index contributed by atoms with van der Waals surface area (Å²) in [6.45, 7) is 0. The molecule has 0 saturated heterocycles. The van der Waals surface area contributed by atoms with E-state index in [0.29, 0.717) is 11.0 Å². The zero-order valence-corrected chi connectivity index (χ0v) is 9.94. The molecule has 2 amide bonds. The van der Waals surface area contributed by atoms with E-state index in [1.54, 1.807) is 6.07 Å². The molecule has 0 aliphatic carbocycles. The summed E-state index contributed by atoms with van der Waals surface area (Å²) in [4.78, 5) is 11.5. The van der Waals surface area contributed by atoms with E-state index in [1.807, 2.05) is 18.2 Å². The molecule has 6 heteroatoms. The first-order valence-electron chi connectivity index (χ1n) is 4.29. The Morgan fingerprint density at radius 2 is 2.00 bits per heavy atom. The summed E-state index contributed by atoms with van der Waals surface area (Å²) in [6, 6.07) is 6.87. The number of hydrogen-bond acceptors (Lipinski definition) is 3. The number of benzene rings is 1. The number of hydrogen-bond donors (Lipinski definition) is 2. The van der Waals surface area contributed by atoms with Crippen LogP contribution >= 0.6 is 15.9 Å². The summed E-state index contributed by atoms with van der Waals surface area (Å²) in [6.07, 6.45) is 0. The van der Waals surface area contributed by atoms with Gasteiger partial charge >= 0.3 is 6.03 Å². The van der Waals surface area contributed by atoms with Crippen molar-refractivity contribution in [2.24, 2.45) is 11.7 Å². The van der Waals surface area contributed by atoms with Crippen molar-refractivity contribution in [3.05, 3.63) is 29.8 Å². The maximum atomic E-state index is 11.5. The van der Waals surface area contributed by atoms with E-state index >= 15 is 0 Å². The molecule has 5 nitrogen and oxygen atoms in total. The molecule has 0 spiro atoms. The maximum absolute atomic E-state index is 11.5. The highest BCUT2D eigenvalue weighted by Gasteiger charge is 2.16. The van der Waals surface area contributed by atoms with Crippen molar-refractivity contribution in [2.45, 2.75) is 5.33 Å². The summed E-state index contributed by atoms with van der Waals surface area (Å²) < 4.78 is 0. The average molecular weight is 273 g/mol. The zero-order chi connectivity index (χ0) is 11.4. The number of rotatable bonds is 2. The van der Waals surface area contributed by atoms with Gasteiger partial charge in [-0.15, -0.1) is 0 Å². The molecule has 1 aromatic carbocycles. The Morgan fingerprint density at radius 1 is 1.40 bits per heavy atom. The summed E-state index contributed by atoms with van der Waals surface area (Å²) in [5.74, 6) is 11.0. The van der Waals surface area contributed by atoms with Gasteiger partial charge in [0.15, 0.2) is 0 Å². The van der Waals surface area contributed by atoms with Gasteiger partial charge in [0.1, 0.15) is 0 Å². The highest BCUT2D eigenvalue weighted by atomic mass is 79.9. The number of carbonyl (C=O) groups excluding carboxylic acids is 1. The van der Waals surface area contributed by atoms with Crippen LogP contribution in [-0.2, 0) is 5.33 Å². The Bertz CT molecular complexity index is 356. The number of para-hydroxylation sites is 1. The van der Waals surface area contributed by atoms with E-state index in [2.05, 4.69) is 15.9 Å². The molecule has 0 aliphatic rings. The lowest BCUT2D eigenvalue weighted by atomic mass is 10.2. The van der Waals surface area contributed by atoms with Gasteiger partial charge in [-0.25, -0.2) is 21.5 Å². The molecular formula is C9H13BrN4O. The molecule has 0 radical (unpaired) electrons. The van der Waals surface area contributed by atoms with Crippen molar-refractivity contribution >= 4 is 27.6 Å². The SMILES string of the molecule is CN(N)C(=O)N(N)c1ccccc1CBr. The Labute approximate surface area is 96.7 Å². The summed E-state index contributed by atoms with van der Waals surface area (Å²) in [5.41, 5.74) is 1.56. The van der Waals surface area contributed by atoms with Crippen LogP contribution in [0.4, 0.5) is 10.5 Å². The van der Waals surface area contributed by atoms with Gasteiger partial charge in [0, 0.05) is 12.4 Å². The molecule has 0 aromatic heterocycles. The van der Waals surface area contributed by atoms with Gasteiger partial charge < -0.3 is 0 Å². The lowest BCUT2D eigenvalue weighted by molar-refractivity contribution is 0.216. The van der Waals surface area contributed by atoms with Crippen molar-refractivity contribution < 1.29 is 4.79 Å². The minimum absolute atomic E-state index is 0.469. The highest BCUT2D eigenvalue weighted by molar-refractivity contribution is 9.08. The van der Waals surface area contributed by atoms with E-state index in [1.165, 1.54) is 7.05 Å². The largest absolute Gasteiger partial charge is 0.352 e. The second kappa shape index (κ2) is 5.11. The lowest BCUT2D eigenvalue weighted by Gasteiger charge is -2.22. The van der Waals surface area contributed by atoms with E-state index in [0.717, 1.165) is 15.6 Å². The van der Waals surface area contributed by atoms with Crippen LogP contribution in [0, 0.1) is 0 Å². The highest BCUT2D eigenvalue weighted by Crippen LogP contribution is 2.20. The molecule has 1 aromatic rings. The lowest BCUT2D eigenvalue weighted by Crippen LogP contribution is -2.48. The van der Waals surface area contributed by atoms with Gasteiger partial charge in [0.25, 0.3) is 0 Å². The van der Waals surface area contributed by atoms with Crippen LogP contribution in [0.2, 0.25) is 0 Å². The predicted molar refractivity (Wildman–Crippen MR) is 63.1 cm³/mol. The number of carbonyl (C=O) groups is 1. The standard InChI is InChI=1S/C9H13BrN4O/c1-13(11)9(15)14(12)8-5-3-2-4-7(8)6-10/h2-5H,6,11-12H2,1H3. The summed E-state index contributed by atoms with van der Waals surface area (Å²) in [7, 11) is 1.44. The third kappa shape index (κ3) is 2.68. The number of urea groups is 1. The van der Waals surface area contributed by atoms with Crippen LogP contribution in [-0.4, -0.2) is 18.1 Å². The van der Waals surface area contributed by atoms with E-state index in [-0.39, 0.29) is 0 Å². The number of hydrazine groups is 2. The molecule has 1 rings (SSSR count). The quantitative estimate of drug-likeness (QED) is 0.368. The van der Waals surface area contributed by atoms with Crippen molar-refractivity contribution in [2.75, 3.05) is 12.1 Å². The smallest absolute Gasteiger partial charge is 0.264 e. The number of halogens is 1. The van der Waals surface area contributed by atoms with Crippen molar-refractivity contribution in [3.8, 4) is 0 Å². The average Bonchev–Trinajstić information content (AvgIpc) is 2.26. The Balaban J connectivity index is 3.00.